The van der Waals surface area contributed by atoms with Crippen LogP contribution in [-0.2, 0) is 6.18 Å². The predicted octanol–water partition coefficient (Wildman–Crippen LogP) is 4.37. The summed E-state index contributed by atoms with van der Waals surface area (Å²) in [6.07, 6.45) is -1.22. The molecule has 6 heteroatoms. The van der Waals surface area contributed by atoms with E-state index in [2.05, 4.69) is 10.3 Å². The first kappa shape index (κ1) is 15.8. The summed E-state index contributed by atoms with van der Waals surface area (Å²) in [5, 5.41) is 3.55. The van der Waals surface area contributed by atoms with Crippen molar-refractivity contribution in [3.8, 4) is 0 Å². The Labute approximate surface area is 126 Å². The fourth-order valence-electron chi connectivity index (χ4n) is 2.27. The van der Waals surface area contributed by atoms with Crippen LogP contribution in [0, 0.1) is 6.92 Å². The molecule has 0 radical (unpaired) electrons. The van der Waals surface area contributed by atoms with E-state index in [0.29, 0.717) is 10.6 Å². The van der Waals surface area contributed by atoms with E-state index in [4.69, 9.17) is 11.6 Å². The molecule has 0 bridgehead atoms. The van der Waals surface area contributed by atoms with E-state index >= 15 is 0 Å². The van der Waals surface area contributed by atoms with Gasteiger partial charge in [0, 0.05) is 12.4 Å². The van der Waals surface area contributed by atoms with Crippen LogP contribution in [0.2, 0.25) is 5.02 Å². The summed E-state index contributed by atoms with van der Waals surface area (Å²) in [7, 11) is 1.73. The Morgan fingerprint density at radius 1 is 1.19 bits per heavy atom. The van der Waals surface area contributed by atoms with Crippen molar-refractivity contribution < 1.29 is 13.2 Å². The lowest BCUT2D eigenvalue weighted by atomic mass is 9.94. The number of pyridine rings is 1. The van der Waals surface area contributed by atoms with Crippen LogP contribution in [0.25, 0.3) is 0 Å². The third kappa shape index (κ3) is 3.36. The number of nitrogens with one attached hydrogen (secondary N) is 1. The lowest BCUT2D eigenvalue weighted by Crippen LogP contribution is -2.19. The normalized spacial score (nSPS) is 13.2. The Hall–Kier alpha value is -1.59. The van der Waals surface area contributed by atoms with E-state index in [1.165, 1.54) is 12.3 Å². The number of benzene rings is 1. The highest BCUT2D eigenvalue weighted by Crippen LogP contribution is 2.34. The van der Waals surface area contributed by atoms with Crippen LogP contribution < -0.4 is 5.32 Å². The zero-order chi connectivity index (χ0) is 15.6. The molecule has 0 aliphatic carbocycles. The van der Waals surface area contributed by atoms with Gasteiger partial charge in [-0.15, -0.1) is 0 Å². The molecule has 1 aromatic heterocycles. The van der Waals surface area contributed by atoms with Gasteiger partial charge >= 0.3 is 6.18 Å². The summed E-state index contributed by atoms with van der Waals surface area (Å²) >= 11 is 6.12. The molecule has 0 saturated heterocycles. The van der Waals surface area contributed by atoms with Crippen LogP contribution in [0.15, 0.2) is 36.7 Å². The van der Waals surface area contributed by atoms with Crippen molar-refractivity contribution in [2.75, 3.05) is 7.05 Å². The Morgan fingerprint density at radius 3 is 2.43 bits per heavy atom. The molecule has 0 aliphatic rings. The van der Waals surface area contributed by atoms with E-state index in [9.17, 15) is 13.2 Å². The molecule has 1 heterocycles. The van der Waals surface area contributed by atoms with Crippen LogP contribution >= 0.6 is 11.6 Å². The number of halogens is 4. The summed E-state index contributed by atoms with van der Waals surface area (Å²) < 4.78 is 38.2. The molecule has 1 aromatic carbocycles. The van der Waals surface area contributed by atoms with Gasteiger partial charge in [-0.05, 0) is 48.9 Å². The first-order valence-electron chi connectivity index (χ1n) is 6.29. The van der Waals surface area contributed by atoms with Crippen molar-refractivity contribution in [3.63, 3.8) is 0 Å². The zero-order valence-corrected chi connectivity index (χ0v) is 12.3. The Bertz CT molecular complexity index is 641. The van der Waals surface area contributed by atoms with E-state index < -0.39 is 11.7 Å². The monoisotopic (exact) mass is 314 g/mol. The molecular formula is C15H14ClF3N2. The smallest absolute Gasteiger partial charge is 0.309 e. The standard InChI is InChI=1S/C15H14ClF3N2/c1-9-7-10(15(17,18)19)3-4-11(9)14(20-2)12-5-6-21-8-13(12)16/h3-8,14,20H,1-2H3. The van der Waals surface area contributed by atoms with Crippen molar-refractivity contribution in [1.82, 2.24) is 10.3 Å². The van der Waals surface area contributed by atoms with Gasteiger partial charge in [-0.3, -0.25) is 4.98 Å². The molecule has 21 heavy (non-hydrogen) atoms. The largest absolute Gasteiger partial charge is 0.416 e. The van der Waals surface area contributed by atoms with E-state index in [1.807, 2.05) is 0 Å². The molecule has 1 N–H and O–H groups in total. The maximum absolute atomic E-state index is 12.7. The molecule has 2 aromatic rings. The molecule has 0 spiro atoms. The van der Waals surface area contributed by atoms with Gasteiger partial charge < -0.3 is 5.32 Å². The number of hydrogen-bond donors (Lipinski definition) is 1. The second kappa shape index (κ2) is 6.03. The second-order valence-corrected chi connectivity index (χ2v) is 5.10. The number of aryl methyl sites for hydroxylation is 1. The maximum atomic E-state index is 12.7. The summed E-state index contributed by atoms with van der Waals surface area (Å²) in [6, 6.07) is 5.18. The topological polar surface area (TPSA) is 24.9 Å². The molecule has 0 saturated carbocycles. The third-order valence-electron chi connectivity index (χ3n) is 3.31. The summed E-state index contributed by atoms with van der Waals surface area (Å²) in [4.78, 5) is 3.92. The molecule has 2 rings (SSSR count). The van der Waals surface area contributed by atoms with Crippen molar-refractivity contribution >= 4 is 11.6 Å². The highest BCUT2D eigenvalue weighted by atomic mass is 35.5. The second-order valence-electron chi connectivity index (χ2n) is 4.69. The van der Waals surface area contributed by atoms with Crippen LogP contribution in [0.5, 0.6) is 0 Å². The first-order valence-corrected chi connectivity index (χ1v) is 6.67. The van der Waals surface area contributed by atoms with Crippen LogP contribution in [-0.4, -0.2) is 12.0 Å². The summed E-state index contributed by atoms with van der Waals surface area (Å²) in [6.45, 7) is 1.66. The van der Waals surface area contributed by atoms with Gasteiger partial charge in [-0.1, -0.05) is 17.7 Å². The number of nitrogens with zero attached hydrogens (tertiary/aromatic N) is 1. The van der Waals surface area contributed by atoms with Crippen molar-refractivity contribution in [1.29, 1.82) is 0 Å². The molecule has 0 aliphatic heterocycles. The van der Waals surface area contributed by atoms with Crippen molar-refractivity contribution in [3.05, 3.63) is 63.9 Å². The first-order chi connectivity index (χ1) is 9.84. The average molecular weight is 315 g/mol. The minimum absolute atomic E-state index is 0.289. The average Bonchev–Trinajstić information content (AvgIpc) is 2.42. The van der Waals surface area contributed by atoms with Gasteiger partial charge in [-0.25, -0.2) is 0 Å². The van der Waals surface area contributed by atoms with Gasteiger partial charge in [0.1, 0.15) is 0 Å². The van der Waals surface area contributed by atoms with Crippen molar-refractivity contribution in [2.24, 2.45) is 0 Å². The molecule has 2 nitrogen and oxygen atoms in total. The molecule has 112 valence electrons. The lowest BCUT2D eigenvalue weighted by molar-refractivity contribution is -0.137. The van der Waals surface area contributed by atoms with Gasteiger partial charge in [0.15, 0.2) is 0 Å². The summed E-state index contributed by atoms with van der Waals surface area (Å²) in [5.74, 6) is 0. The quantitative estimate of drug-likeness (QED) is 0.910. The fourth-order valence-corrected chi connectivity index (χ4v) is 2.50. The highest BCUT2D eigenvalue weighted by molar-refractivity contribution is 6.31. The number of alkyl halides is 3. The molecular weight excluding hydrogens is 301 g/mol. The number of rotatable bonds is 3. The maximum Gasteiger partial charge on any atom is 0.416 e. The Morgan fingerprint density at radius 2 is 1.90 bits per heavy atom. The van der Waals surface area contributed by atoms with E-state index in [-0.39, 0.29) is 6.04 Å². The number of hydrogen-bond acceptors (Lipinski definition) is 2. The minimum atomic E-state index is -4.34. The van der Waals surface area contributed by atoms with Crippen LogP contribution in [0.3, 0.4) is 0 Å². The van der Waals surface area contributed by atoms with Gasteiger partial charge in [0.2, 0.25) is 0 Å². The van der Waals surface area contributed by atoms with Gasteiger partial charge in [-0.2, -0.15) is 13.2 Å². The van der Waals surface area contributed by atoms with Gasteiger partial charge in [0.25, 0.3) is 0 Å². The third-order valence-corrected chi connectivity index (χ3v) is 3.63. The Kier molecular flexibility index (Phi) is 4.54. The SMILES string of the molecule is CNC(c1ccc(C(F)(F)F)cc1C)c1ccncc1Cl. The van der Waals surface area contributed by atoms with Crippen LogP contribution in [0.4, 0.5) is 13.2 Å². The number of aromatic nitrogens is 1. The Balaban J connectivity index is 2.47. The molecule has 1 unspecified atom stereocenters. The van der Waals surface area contributed by atoms with Crippen molar-refractivity contribution in [2.45, 2.75) is 19.1 Å². The highest BCUT2D eigenvalue weighted by Gasteiger charge is 2.31. The molecule has 0 amide bonds. The molecule has 1 atom stereocenters. The molecule has 0 fully saturated rings. The predicted molar refractivity (Wildman–Crippen MR) is 76.3 cm³/mol. The minimum Gasteiger partial charge on any atom is -0.309 e. The summed E-state index contributed by atoms with van der Waals surface area (Å²) in [5.41, 5.74) is 1.42. The van der Waals surface area contributed by atoms with Crippen LogP contribution in [0.1, 0.15) is 28.3 Å². The van der Waals surface area contributed by atoms with E-state index in [1.54, 1.807) is 26.2 Å². The zero-order valence-electron chi connectivity index (χ0n) is 11.5. The fraction of sp³-hybridized carbons (Fsp3) is 0.267. The van der Waals surface area contributed by atoms with Gasteiger partial charge in [0.05, 0.1) is 16.6 Å². The lowest BCUT2D eigenvalue weighted by Gasteiger charge is -2.21. The van der Waals surface area contributed by atoms with E-state index in [0.717, 1.165) is 23.3 Å².